The molecule has 0 amide bonds. The van der Waals surface area contributed by atoms with E-state index in [2.05, 4.69) is 0 Å². The molecule has 0 saturated carbocycles. The Morgan fingerprint density at radius 1 is 1.42 bits per heavy atom. The van der Waals surface area contributed by atoms with Crippen molar-refractivity contribution in [3.05, 3.63) is 28.3 Å². The smallest absolute Gasteiger partial charge is 0.293 e. The lowest BCUT2D eigenvalue weighted by atomic mass is 9.81. The highest BCUT2D eigenvalue weighted by molar-refractivity contribution is 7.89. The number of piperidine rings is 1. The number of hydrogen-bond acceptors (Lipinski definition) is 6. The van der Waals surface area contributed by atoms with Gasteiger partial charge in [-0.15, -0.1) is 12.4 Å². The summed E-state index contributed by atoms with van der Waals surface area (Å²) in [6, 6.07) is 3.63. The molecule has 1 aliphatic heterocycles. The van der Waals surface area contributed by atoms with E-state index in [0.717, 1.165) is 6.07 Å². The van der Waals surface area contributed by atoms with Crippen LogP contribution in [0.1, 0.15) is 20.3 Å². The zero-order valence-electron chi connectivity index (χ0n) is 13.8. The Bertz CT molecular complexity index is 723. The highest BCUT2D eigenvalue weighted by Gasteiger charge is 2.40. The quantitative estimate of drug-likeness (QED) is 0.629. The number of benzene rings is 1. The van der Waals surface area contributed by atoms with Crippen LogP contribution in [0, 0.1) is 15.5 Å². The zero-order valence-corrected chi connectivity index (χ0v) is 15.4. The Hall–Kier alpha value is -1.42. The Kier molecular flexibility index (Phi) is 6.20. The molecule has 1 atom stereocenters. The van der Waals surface area contributed by atoms with Gasteiger partial charge in [0.05, 0.1) is 18.1 Å². The number of nitrogens with zero attached hydrogens (tertiary/aromatic N) is 2. The summed E-state index contributed by atoms with van der Waals surface area (Å²) in [6.07, 6.45) is 0.510. The standard InChI is InChI=1S/C14H21N3O5S.ClH/c1-14(2)9-16(7-6-13(14)15)23(20,21)12-5-4-10(22-3)8-11(12)17(18)19;/h4-5,8,13H,6-7,9,15H2,1-3H3;1H. The van der Waals surface area contributed by atoms with E-state index in [1.807, 2.05) is 13.8 Å². The average molecular weight is 380 g/mol. The topological polar surface area (TPSA) is 116 Å². The fraction of sp³-hybridized carbons (Fsp3) is 0.571. The second kappa shape index (κ2) is 7.22. The van der Waals surface area contributed by atoms with Crippen molar-refractivity contribution >= 4 is 28.1 Å². The third kappa shape index (κ3) is 3.80. The first-order chi connectivity index (χ1) is 10.6. The monoisotopic (exact) mass is 379 g/mol. The molecule has 24 heavy (non-hydrogen) atoms. The first-order valence-electron chi connectivity index (χ1n) is 7.18. The number of halogens is 1. The summed E-state index contributed by atoms with van der Waals surface area (Å²) in [7, 11) is -2.61. The van der Waals surface area contributed by atoms with E-state index in [4.69, 9.17) is 10.5 Å². The normalized spacial score (nSPS) is 20.9. The van der Waals surface area contributed by atoms with Gasteiger partial charge in [0.15, 0.2) is 4.90 Å². The third-order valence-corrected chi connectivity index (χ3v) is 6.15. The maximum Gasteiger partial charge on any atom is 0.293 e. The summed E-state index contributed by atoms with van der Waals surface area (Å²) in [6.45, 7) is 4.25. The van der Waals surface area contributed by atoms with Crippen LogP contribution in [0.25, 0.3) is 0 Å². The SMILES string of the molecule is COc1ccc(S(=O)(=O)N2CCC(N)C(C)(C)C2)c([N+](=O)[O-])c1.Cl. The molecular weight excluding hydrogens is 358 g/mol. The van der Waals surface area contributed by atoms with Crippen LogP contribution in [0.5, 0.6) is 5.75 Å². The Morgan fingerprint density at radius 3 is 2.54 bits per heavy atom. The van der Waals surface area contributed by atoms with Crippen LogP contribution in [0.3, 0.4) is 0 Å². The number of hydrogen-bond donors (Lipinski definition) is 1. The summed E-state index contributed by atoms with van der Waals surface area (Å²) in [5.41, 5.74) is 5.14. The molecule has 0 radical (unpaired) electrons. The summed E-state index contributed by atoms with van der Waals surface area (Å²) in [4.78, 5) is 10.2. The maximum absolute atomic E-state index is 12.8. The number of rotatable bonds is 4. The fourth-order valence-electron chi connectivity index (χ4n) is 2.65. The van der Waals surface area contributed by atoms with Crippen molar-refractivity contribution in [3.8, 4) is 5.75 Å². The van der Waals surface area contributed by atoms with Gasteiger partial charge in [-0.25, -0.2) is 8.42 Å². The largest absolute Gasteiger partial charge is 0.497 e. The van der Waals surface area contributed by atoms with Crippen LogP contribution in [-0.2, 0) is 10.0 Å². The number of nitrogens with two attached hydrogens (primary N) is 1. The molecule has 1 aromatic carbocycles. The van der Waals surface area contributed by atoms with Crippen LogP contribution >= 0.6 is 12.4 Å². The first kappa shape index (κ1) is 20.6. The van der Waals surface area contributed by atoms with E-state index in [-0.39, 0.29) is 42.2 Å². The van der Waals surface area contributed by atoms with Gasteiger partial charge in [-0.05, 0) is 24.0 Å². The molecule has 1 saturated heterocycles. The molecule has 0 aliphatic carbocycles. The molecule has 2 rings (SSSR count). The van der Waals surface area contributed by atoms with Crippen molar-refractivity contribution in [2.24, 2.45) is 11.1 Å². The van der Waals surface area contributed by atoms with Gasteiger partial charge >= 0.3 is 0 Å². The second-order valence-corrected chi connectivity index (χ2v) is 8.22. The third-order valence-electron chi connectivity index (χ3n) is 4.26. The number of methoxy groups -OCH3 is 1. The summed E-state index contributed by atoms with van der Waals surface area (Å²) < 4.78 is 31.9. The van der Waals surface area contributed by atoms with Crippen molar-refractivity contribution in [2.75, 3.05) is 20.2 Å². The molecular formula is C14H22ClN3O5S. The van der Waals surface area contributed by atoms with E-state index in [9.17, 15) is 18.5 Å². The van der Waals surface area contributed by atoms with Crippen LogP contribution < -0.4 is 10.5 Å². The molecule has 0 aromatic heterocycles. The Morgan fingerprint density at radius 2 is 2.04 bits per heavy atom. The highest BCUT2D eigenvalue weighted by atomic mass is 35.5. The van der Waals surface area contributed by atoms with Crippen LogP contribution in [-0.4, -0.2) is 43.9 Å². The molecule has 1 heterocycles. The van der Waals surface area contributed by atoms with Gasteiger partial charge in [-0.2, -0.15) is 4.31 Å². The van der Waals surface area contributed by atoms with Gasteiger partial charge in [0.1, 0.15) is 5.75 Å². The summed E-state index contributed by atoms with van der Waals surface area (Å²) in [5.74, 6) is 0.233. The Labute approximate surface area is 147 Å². The van der Waals surface area contributed by atoms with Crippen molar-refractivity contribution in [1.82, 2.24) is 4.31 Å². The lowest BCUT2D eigenvalue weighted by molar-refractivity contribution is -0.387. The van der Waals surface area contributed by atoms with Crippen LogP contribution in [0.15, 0.2) is 23.1 Å². The van der Waals surface area contributed by atoms with E-state index in [1.165, 1.54) is 23.5 Å². The van der Waals surface area contributed by atoms with Crippen molar-refractivity contribution in [3.63, 3.8) is 0 Å². The van der Waals surface area contributed by atoms with Crippen LogP contribution in [0.4, 0.5) is 5.69 Å². The van der Waals surface area contributed by atoms with Gasteiger partial charge in [-0.3, -0.25) is 10.1 Å². The van der Waals surface area contributed by atoms with Gasteiger partial charge in [0.25, 0.3) is 5.69 Å². The number of nitro groups is 1. The molecule has 1 unspecified atom stereocenters. The van der Waals surface area contributed by atoms with E-state index in [1.54, 1.807) is 0 Å². The first-order valence-corrected chi connectivity index (χ1v) is 8.62. The average Bonchev–Trinajstić information content (AvgIpc) is 2.49. The van der Waals surface area contributed by atoms with Crippen molar-refractivity contribution in [1.29, 1.82) is 0 Å². The van der Waals surface area contributed by atoms with Gasteiger partial charge in [0, 0.05) is 19.1 Å². The van der Waals surface area contributed by atoms with Crippen molar-refractivity contribution in [2.45, 2.75) is 31.2 Å². The molecule has 0 bridgehead atoms. The molecule has 0 spiro atoms. The zero-order chi connectivity index (χ0) is 17.4. The van der Waals surface area contributed by atoms with Gasteiger partial charge < -0.3 is 10.5 Å². The van der Waals surface area contributed by atoms with Crippen LogP contribution in [0.2, 0.25) is 0 Å². The minimum atomic E-state index is -3.98. The van der Waals surface area contributed by atoms with E-state index < -0.39 is 26.0 Å². The summed E-state index contributed by atoms with van der Waals surface area (Å²) >= 11 is 0. The molecule has 1 fully saturated rings. The minimum absolute atomic E-state index is 0. The van der Waals surface area contributed by atoms with E-state index in [0.29, 0.717) is 6.42 Å². The molecule has 136 valence electrons. The molecule has 8 nitrogen and oxygen atoms in total. The number of sulfonamides is 1. The molecule has 1 aromatic rings. The fourth-order valence-corrected chi connectivity index (χ4v) is 4.42. The minimum Gasteiger partial charge on any atom is -0.497 e. The van der Waals surface area contributed by atoms with Crippen molar-refractivity contribution < 1.29 is 18.1 Å². The number of ether oxygens (including phenoxy) is 1. The summed E-state index contributed by atoms with van der Waals surface area (Å²) in [5, 5.41) is 11.2. The predicted octanol–water partition coefficient (Wildman–Crippen LogP) is 1.77. The van der Waals surface area contributed by atoms with Gasteiger partial charge in [0.2, 0.25) is 10.0 Å². The molecule has 2 N–H and O–H groups in total. The molecule has 1 aliphatic rings. The lowest BCUT2D eigenvalue weighted by Crippen LogP contribution is -2.53. The number of nitro benzene ring substituents is 1. The Balaban J connectivity index is 0.00000288. The van der Waals surface area contributed by atoms with Gasteiger partial charge in [-0.1, -0.05) is 13.8 Å². The molecule has 10 heteroatoms. The maximum atomic E-state index is 12.8. The van der Waals surface area contributed by atoms with E-state index >= 15 is 0 Å². The lowest BCUT2D eigenvalue weighted by Gasteiger charge is -2.41. The predicted molar refractivity (Wildman–Crippen MR) is 92.0 cm³/mol. The highest BCUT2D eigenvalue weighted by Crippen LogP contribution is 2.35. The second-order valence-electron chi connectivity index (χ2n) is 6.31.